The van der Waals surface area contributed by atoms with Gasteiger partial charge in [-0.2, -0.15) is 12.6 Å². The summed E-state index contributed by atoms with van der Waals surface area (Å²) >= 11 is 4.58. The number of thiol groups is 1. The zero-order chi connectivity index (χ0) is 6.97. The van der Waals surface area contributed by atoms with Crippen LogP contribution in [0.25, 0.3) is 0 Å². The maximum atomic E-state index is 4.58. The lowest BCUT2D eigenvalue weighted by Crippen LogP contribution is -2.16. The molecule has 0 N–H and O–H groups in total. The molecule has 0 aromatic heterocycles. The van der Waals surface area contributed by atoms with E-state index in [1.54, 1.807) is 5.92 Å². The van der Waals surface area contributed by atoms with E-state index in [4.69, 9.17) is 0 Å². The van der Waals surface area contributed by atoms with E-state index < -0.39 is 0 Å². The Morgan fingerprint density at radius 1 is 1.10 bits per heavy atom. The second-order valence-electron chi connectivity index (χ2n) is 3.61. The maximum absolute atomic E-state index is 4.58. The zero-order valence-corrected chi connectivity index (χ0v) is 7.24. The highest BCUT2D eigenvalue weighted by Gasteiger charge is 2.35. The topological polar surface area (TPSA) is 0 Å². The fourth-order valence-corrected chi connectivity index (χ4v) is 2.91. The zero-order valence-electron chi connectivity index (χ0n) is 6.34. The average molecular weight is 155 g/mol. The molecule has 0 bridgehead atoms. The fourth-order valence-electron chi connectivity index (χ4n) is 2.42. The molecule has 0 aromatic rings. The summed E-state index contributed by atoms with van der Waals surface area (Å²) in [5.74, 6) is 2.77. The summed E-state index contributed by atoms with van der Waals surface area (Å²) < 4.78 is 0. The second-order valence-corrected chi connectivity index (χ2v) is 4.23. The van der Waals surface area contributed by atoms with Crippen molar-refractivity contribution in [3.63, 3.8) is 0 Å². The second kappa shape index (κ2) is 2.77. The molecule has 2 rings (SSSR count). The van der Waals surface area contributed by atoms with Gasteiger partial charge in [-0.05, 0) is 37.5 Å². The molecule has 2 unspecified atom stereocenters. The first kappa shape index (κ1) is 7.02. The summed E-state index contributed by atoms with van der Waals surface area (Å²) in [6, 6.07) is 0. The van der Waals surface area contributed by atoms with Gasteiger partial charge in [0.1, 0.15) is 0 Å². The Morgan fingerprint density at radius 2 is 2.00 bits per heavy atom. The molecule has 57 valence electrons. The van der Waals surface area contributed by atoms with Crippen molar-refractivity contribution < 1.29 is 0 Å². The smallest absolute Gasteiger partial charge is 0.00818 e. The molecule has 0 nitrogen and oxygen atoms in total. The molecule has 1 radical (unpaired) electrons. The lowest BCUT2D eigenvalue weighted by molar-refractivity contribution is 0.419. The van der Waals surface area contributed by atoms with Crippen LogP contribution in [0.5, 0.6) is 0 Å². The number of fused-ring (bicyclic) bond motifs is 1. The molecule has 1 heteroatoms. The Labute approximate surface area is 68.8 Å². The number of rotatable bonds is 0. The molecule has 2 fully saturated rings. The Morgan fingerprint density at radius 3 is 2.80 bits per heavy atom. The van der Waals surface area contributed by atoms with Crippen LogP contribution in [0.3, 0.4) is 0 Å². The molecule has 10 heavy (non-hydrogen) atoms. The number of hydrogen-bond acceptors (Lipinski definition) is 1. The largest absolute Gasteiger partial charge is 0.175 e. The standard InChI is InChI=1S/C9H15S/c10-9-6-5-7-3-1-2-4-8(7)9/h7,9-10H,1-6H2. The van der Waals surface area contributed by atoms with Gasteiger partial charge in [0.15, 0.2) is 0 Å². The molecule has 0 aliphatic heterocycles. The molecule has 0 spiro atoms. The first-order chi connectivity index (χ1) is 4.88. The SMILES string of the molecule is SC1CCC2CCCC[C]12. The molecular weight excluding hydrogens is 140 g/mol. The molecule has 2 aliphatic carbocycles. The van der Waals surface area contributed by atoms with Crippen molar-refractivity contribution in [3.05, 3.63) is 5.92 Å². The summed E-state index contributed by atoms with van der Waals surface area (Å²) in [6.45, 7) is 0. The van der Waals surface area contributed by atoms with Gasteiger partial charge in [-0.25, -0.2) is 0 Å². The van der Waals surface area contributed by atoms with Crippen molar-refractivity contribution >= 4 is 12.6 Å². The molecular formula is C9H15S. The van der Waals surface area contributed by atoms with Crippen LogP contribution in [0.2, 0.25) is 0 Å². The van der Waals surface area contributed by atoms with Gasteiger partial charge in [0.2, 0.25) is 0 Å². The molecule has 0 saturated heterocycles. The van der Waals surface area contributed by atoms with Crippen LogP contribution in [0, 0.1) is 11.8 Å². The Balaban J connectivity index is 2.01. The molecule has 0 aromatic carbocycles. The average Bonchev–Trinajstić information content (AvgIpc) is 2.34. The fraction of sp³-hybridized carbons (Fsp3) is 0.889. The van der Waals surface area contributed by atoms with E-state index in [-0.39, 0.29) is 0 Å². The van der Waals surface area contributed by atoms with Crippen molar-refractivity contribution in [2.75, 3.05) is 0 Å². The Kier molecular flexibility index (Phi) is 1.94. The van der Waals surface area contributed by atoms with Crippen LogP contribution in [0.4, 0.5) is 0 Å². The highest BCUT2D eigenvalue weighted by Crippen LogP contribution is 2.45. The van der Waals surface area contributed by atoms with Crippen LogP contribution in [-0.2, 0) is 0 Å². The summed E-state index contributed by atoms with van der Waals surface area (Å²) in [7, 11) is 0. The van der Waals surface area contributed by atoms with Crippen LogP contribution in [0.1, 0.15) is 38.5 Å². The van der Waals surface area contributed by atoms with E-state index in [2.05, 4.69) is 12.6 Å². The van der Waals surface area contributed by atoms with Gasteiger partial charge < -0.3 is 0 Å². The van der Waals surface area contributed by atoms with Gasteiger partial charge in [0.05, 0.1) is 0 Å². The third-order valence-electron chi connectivity index (χ3n) is 3.01. The molecule has 2 aliphatic rings. The highest BCUT2D eigenvalue weighted by molar-refractivity contribution is 7.81. The van der Waals surface area contributed by atoms with E-state index in [1.807, 2.05) is 0 Å². The lowest BCUT2D eigenvalue weighted by Gasteiger charge is -2.26. The minimum Gasteiger partial charge on any atom is -0.175 e. The molecule has 2 atom stereocenters. The van der Waals surface area contributed by atoms with Gasteiger partial charge in [0, 0.05) is 5.25 Å². The summed E-state index contributed by atoms with van der Waals surface area (Å²) in [5.41, 5.74) is 0. The van der Waals surface area contributed by atoms with Gasteiger partial charge in [-0.3, -0.25) is 0 Å². The normalized spacial score (nSPS) is 41.7. The van der Waals surface area contributed by atoms with Gasteiger partial charge >= 0.3 is 0 Å². The quantitative estimate of drug-likeness (QED) is 0.511. The van der Waals surface area contributed by atoms with Crippen LogP contribution < -0.4 is 0 Å². The highest BCUT2D eigenvalue weighted by atomic mass is 32.1. The van der Waals surface area contributed by atoms with Gasteiger partial charge in [-0.15, -0.1) is 0 Å². The first-order valence-corrected chi connectivity index (χ1v) is 4.93. The maximum Gasteiger partial charge on any atom is 0.00818 e. The first-order valence-electron chi connectivity index (χ1n) is 4.41. The van der Waals surface area contributed by atoms with Gasteiger partial charge in [-0.1, -0.05) is 12.8 Å². The van der Waals surface area contributed by atoms with E-state index in [9.17, 15) is 0 Å². The Bertz CT molecular complexity index is 120. The van der Waals surface area contributed by atoms with E-state index in [0.29, 0.717) is 5.25 Å². The van der Waals surface area contributed by atoms with Crippen molar-refractivity contribution in [2.24, 2.45) is 5.92 Å². The molecule has 0 heterocycles. The number of hydrogen-bond donors (Lipinski definition) is 1. The predicted octanol–water partition coefficient (Wildman–Crippen LogP) is 2.84. The van der Waals surface area contributed by atoms with Gasteiger partial charge in [0.25, 0.3) is 0 Å². The Hall–Kier alpha value is 0.350. The monoisotopic (exact) mass is 155 g/mol. The third-order valence-corrected chi connectivity index (χ3v) is 3.60. The van der Waals surface area contributed by atoms with Crippen LogP contribution >= 0.6 is 12.6 Å². The molecule has 0 amide bonds. The van der Waals surface area contributed by atoms with Crippen molar-refractivity contribution in [1.29, 1.82) is 0 Å². The van der Waals surface area contributed by atoms with E-state index in [0.717, 1.165) is 5.92 Å². The van der Waals surface area contributed by atoms with E-state index in [1.165, 1.54) is 38.5 Å². The summed E-state index contributed by atoms with van der Waals surface area (Å²) in [6.07, 6.45) is 8.54. The summed E-state index contributed by atoms with van der Waals surface area (Å²) in [5, 5.41) is 0.672. The lowest BCUT2D eigenvalue weighted by atomic mass is 9.82. The minimum atomic E-state index is 0.672. The van der Waals surface area contributed by atoms with Crippen molar-refractivity contribution in [1.82, 2.24) is 0 Å². The van der Waals surface area contributed by atoms with Crippen molar-refractivity contribution in [3.8, 4) is 0 Å². The predicted molar refractivity (Wildman–Crippen MR) is 47.2 cm³/mol. The summed E-state index contributed by atoms with van der Waals surface area (Å²) in [4.78, 5) is 0. The van der Waals surface area contributed by atoms with E-state index >= 15 is 0 Å². The van der Waals surface area contributed by atoms with Crippen LogP contribution in [0.15, 0.2) is 0 Å². The third kappa shape index (κ3) is 1.09. The van der Waals surface area contributed by atoms with Crippen molar-refractivity contribution in [2.45, 2.75) is 43.8 Å². The molecule has 2 saturated carbocycles. The van der Waals surface area contributed by atoms with Crippen LogP contribution in [-0.4, -0.2) is 5.25 Å². The minimum absolute atomic E-state index is 0.672.